The topological polar surface area (TPSA) is 90.9 Å². The van der Waals surface area contributed by atoms with Gasteiger partial charge in [-0.15, -0.1) is 0 Å². The molecule has 0 aromatic heterocycles. The van der Waals surface area contributed by atoms with E-state index in [1.54, 1.807) is 37.3 Å². The number of nitrogens with one attached hydrogen (secondary N) is 2. The molecule has 2 aromatic carbocycles. The van der Waals surface area contributed by atoms with Gasteiger partial charge in [0.2, 0.25) is 10.0 Å². The van der Waals surface area contributed by atoms with Gasteiger partial charge in [-0.1, -0.05) is 18.2 Å². The van der Waals surface area contributed by atoms with E-state index in [4.69, 9.17) is 12.2 Å². The van der Waals surface area contributed by atoms with E-state index in [9.17, 15) is 17.6 Å². The van der Waals surface area contributed by atoms with Crippen LogP contribution >= 0.6 is 12.2 Å². The van der Waals surface area contributed by atoms with Crippen LogP contribution in [-0.4, -0.2) is 42.9 Å². The zero-order valence-electron chi connectivity index (χ0n) is 15.7. The molecule has 1 atom stereocenters. The Labute approximate surface area is 173 Å². The van der Waals surface area contributed by atoms with Crippen LogP contribution in [0.3, 0.4) is 0 Å². The second-order valence-electron chi connectivity index (χ2n) is 6.76. The predicted molar refractivity (Wildman–Crippen MR) is 114 cm³/mol. The van der Waals surface area contributed by atoms with Crippen molar-refractivity contribution in [1.29, 1.82) is 0 Å². The summed E-state index contributed by atoms with van der Waals surface area (Å²) in [5.74, 6) is -1.35. The van der Waals surface area contributed by atoms with Crippen LogP contribution in [-0.2, 0) is 15.6 Å². The molecule has 1 aliphatic rings. The lowest BCUT2D eigenvalue weighted by molar-refractivity contribution is 0.0977. The molecule has 29 heavy (non-hydrogen) atoms. The molecular weight excluding hydrogens is 415 g/mol. The van der Waals surface area contributed by atoms with Gasteiger partial charge in [0.1, 0.15) is 11.4 Å². The van der Waals surface area contributed by atoms with Gasteiger partial charge in [-0.25, -0.2) is 12.8 Å². The lowest BCUT2D eigenvalue weighted by Gasteiger charge is -2.32. The highest BCUT2D eigenvalue weighted by Crippen LogP contribution is 2.34. The smallest absolute Gasteiger partial charge is 0.257 e. The molecule has 1 heterocycles. The van der Waals surface area contributed by atoms with E-state index in [1.165, 1.54) is 31.6 Å². The lowest BCUT2D eigenvalue weighted by Crippen LogP contribution is -2.43. The number of carbonyl (C=O) groups excluding carboxylic acids is 1. The van der Waals surface area contributed by atoms with Crippen molar-refractivity contribution in [2.45, 2.75) is 12.5 Å². The minimum atomic E-state index is -3.60. The van der Waals surface area contributed by atoms with E-state index in [1.807, 2.05) is 0 Å². The Bertz CT molecular complexity index is 1090. The Morgan fingerprint density at radius 1 is 1.24 bits per heavy atom. The number of hydrogen-bond acceptors (Lipinski definition) is 5. The van der Waals surface area contributed by atoms with Crippen LogP contribution in [0.1, 0.15) is 22.8 Å². The lowest BCUT2D eigenvalue weighted by atomic mass is 9.93. The fourth-order valence-corrected chi connectivity index (χ4v) is 4.41. The van der Waals surface area contributed by atoms with Gasteiger partial charge in [0.25, 0.3) is 5.91 Å². The minimum absolute atomic E-state index is 0.0288. The molecule has 0 saturated carbocycles. The Hall–Kier alpha value is -2.85. The van der Waals surface area contributed by atoms with Crippen LogP contribution in [0.25, 0.3) is 0 Å². The summed E-state index contributed by atoms with van der Waals surface area (Å²) in [6.45, 7) is 1.55. The third-order valence-electron chi connectivity index (χ3n) is 4.48. The molecule has 152 valence electrons. The summed E-state index contributed by atoms with van der Waals surface area (Å²) in [5, 5.41) is 5.39. The quantitative estimate of drug-likeness (QED) is 0.725. The number of carbonyl (C=O) groups is 1. The van der Waals surface area contributed by atoms with Crippen molar-refractivity contribution in [3.8, 4) is 0 Å². The highest BCUT2D eigenvalue weighted by Gasteiger charge is 2.39. The van der Waals surface area contributed by atoms with E-state index in [0.717, 1.165) is 4.31 Å². The summed E-state index contributed by atoms with van der Waals surface area (Å²) >= 11 is 5.16. The molecule has 2 N–H and O–H groups in total. The number of sulfonamides is 1. The second-order valence-corrected chi connectivity index (χ2v) is 9.20. The van der Waals surface area contributed by atoms with Crippen LogP contribution in [0.5, 0.6) is 0 Å². The minimum Gasteiger partial charge on any atom is -0.332 e. The van der Waals surface area contributed by atoms with Crippen molar-refractivity contribution in [3.63, 3.8) is 0 Å². The van der Waals surface area contributed by atoms with Crippen LogP contribution < -0.4 is 10.6 Å². The summed E-state index contributed by atoms with van der Waals surface area (Å²) in [4.78, 5) is 16.4. The molecule has 3 rings (SSSR count). The average molecular weight is 435 g/mol. The molecule has 0 radical (unpaired) electrons. The zero-order chi connectivity index (χ0) is 21.2. The van der Waals surface area contributed by atoms with Gasteiger partial charge in [0, 0.05) is 23.9 Å². The number of rotatable bonds is 3. The summed E-state index contributed by atoms with van der Waals surface area (Å²) < 4.78 is 40.0. The molecule has 10 heteroatoms. The molecule has 0 saturated heterocycles. The molecule has 1 aliphatic heterocycles. The normalized spacial score (nSPS) is 20.2. The van der Waals surface area contributed by atoms with Gasteiger partial charge in [0.05, 0.1) is 12.1 Å². The van der Waals surface area contributed by atoms with E-state index in [0.29, 0.717) is 11.3 Å². The Kier molecular flexibility index (Phi) is 5.67. The first-order valence-electron chi connectivity index (χ1n) is 8.59. The van der Waals surface area contributed by atoms with E-state index < -0.39 is 21.4 Å². The first-order valence-corrected chi connectivity index (χ1v) is 10.6. The zero-order valence-corrected chi connectivity index (χ0v) is 17.3. The number of anilines is 1. The average Bonchev–Trinajstić information content (AvgIpc) is 2.67. The van der Waals surface area contributed by atoms with Crippen molar-refractivity contribution in [2.24, 2.45) is 4.99 Å². The molecule has 0 fully saturated rings. The van der Waals surface area contributed by atoms with Crippen LogP contribution in [0.4, 0.5) is 10.1 Å². The first kappa shape index (κ1) is 20.9. The maximum absolute atomic E-state index is 14.5. The monoisotopic (exact) mass is 434 g/mol. The summed E-state index contributed by atoms with van der Waals surface area (Å²) in [6, 6.07) is 12.6. The molecule has 1 amide bonds. The van der Waals surface area contributed by atoms with E-state index >= 15 is 0 Å². The van der Waals surface area contributed by atoms with Crippen molar-refractivity contribution < 1.29 is 17.6 Å². The maximum atomic E-state index is 14.5. The summed E-state index contributed by atoms with van der Waals surface area (Å²) in [7, 11) is -2.23. The second kappa shape index (κ2) is 7.88. The number of hydrogen-bond donors (Lipinski definition) is 2. The number of thiocarbonyl (C=S) groups is 1. The van der Waals surface area contributed by atoms with Gasteiger partial charge in [0.15, 0.2) is 5.11 Å². The standard InChI is InChI=1S/C19H19FN4O3S2/c1-19(11-29(26,27)24(2)12-21-19)15-10-14(8-9-16(15)20)22-18(28)23-17(25)13-6-4-3-5-7-13/h3-10,12H,11H2,1-2H3,(H2,22,23,25,28). The summed E-state index contributed by atoms with van der Waals surface area (Å²) in [5.41, 5.74) is -0.350. The predicted octanol–water partition coefficient (Wildman–Crippen LogP) is 2.47. The molecule has 0 aliphatic carbocycles. The molecule has 1 unspecified atom stereocenters. The van der Waals surface area contributed by atoms with Gasteiger partial charge in [-0.05, 0) is 49.5 Å². The third-order valence-corrected chi connectivity index (χ3v) is 6.58. The van der Waals surface area contributed by atoms with Crippen LogP contribution in [0, 0.1) is 5.82 Å². The van der Waals surface area contributed by atoms with Crippen molar-refractivity contribution >= 4 is 45.3 Å². The maximum Gasteiger partial charge on any atom is 0.257 e. The number of nitrogens with zero attached hydrogens (tertiary/aromatic N) is 2. The Balaban J connectivity index is 1.80. The van der Waals surface area contributed by atoms with Gasteiger partial charge >= 0.3 is 0 Å². The molecule has 7 nitrogen and oxygen atoms in total. The van der Waals surface area contributed by atoms with E-state index in [-0.39, 0.29) is 22.3 Å². The van der Waals surface area contributed by atoms with Gasteiger partial charge in [-0.3, -0.25) is 19.4 Å². The number of amides is 1. The molecule has 2 aromatic rings. The van der Waals surface area contributed by atoms with Gasteiger partial charge in [-0.2, -0.15) is 0 Å². The SMILES string of the molecule is CN1C=NC(C)(c2cc(NC(=S)NC(=O)c3ccccc3)ccc2F)CS1(=O)=O. The first-order chi connectivity index (χ1) is 13.6. The van der Waals surface area contributed by atoms with Crippen molar-refractivity contribution in [3.05, 3.63) is 65.5 Å². The van der Waals surface area contributed by atoms with Crippen molar-refractivity contribution in [1.82, 2.24) is 9.62 Å². The Morgan fingerprint density at radius 3 is 2.59 bits per heavy atom. The highest BCUT2D eigenvalue weighted by molar-refractivity contribution is 7.89. The van der Waals surface area contributed by atoms with E-state index in [2.05, 4.69) is 15.6 Å². The van der Waals surface area contributed by atoms with Gasteiger partial charge < -0.3 is 5.32 Å². The highest BCUT2D eigenvalue weighted by atomic mass is 32.2. The molecule has 0 bridgehead atoms. The largest absolute Gasteiger partial charge is 0.332 e. The summed E-state index contributed by atoms with van der Waals surface area (Å²) in [6.07, 6.45) is 1.17. The number of aliphatic imine (C=N–C) groups is 1. The fourth-order valence-electron chi connectivity index (χ4n) is 2.87. The number of benzene rings is 2. The fraction of sp³-hybridized carbons (Fsp3) is 0.211. The van der Waals surface area contributed by atoms with Crippen LogP contribution in [0.15, 0.2) is 53.5 Å². The van der Waals surface area contributed by atoms with Crippen molar-refractivity contribution in [2.75, 3.05) is 18.1 Å². The molecular formula is C19H19FN4O3S2. The molecule has 0 spiro atoms. The van der Waals surface area contributed by atoms with Crippen LogP contribution in [0.2, 0.25) is 0 Å². The number of halogens is 1. The Morgan fingerprint density at radius 2 is 1.93 bits per heavy atom. The third kappa shape index (κ3) is 4.60.